The number of amides is 1. The van der Waals surface area contributed by atoms with E-state index in [1.54, 1.807) is 4.90 Å². The molecule has 1 aromatic carbocycles. The summed E-state index contributed by atoms with van der Waals surface area (Å²) in [6.07, 6.45) is 1.70. The van der Waals surface area contributed by atoms with E-state index in [1.165, 1.54) is 0 Å². The number of likely N-dealkylation sites (tertiary alicyclic amines) is 1. The minimum atomic E-state index is -0.462. The standard InChI is InChI=1S/C16H22BrNO3/c1-16(2,3)21-15(19)18-10-4-5-13(18)11-20-14-8-6-12(17)7-9-14/h6-9,13H,4-5,10-11H2,1-3H3. The van der Waals surface area contributed by atoms with E-state index in [2.05, 4.69) is 15.9 Å². The maximum Gasteiger partial charge on any atom is 0.410 e. The Morgan fingerprint density at radius 1 is 1.33 bits per heavy atom. The molecule has 1 aromatic rings. The Morgan fingerprint density at radius 2 is 2.00 bits per heavy atom. The molecule has 0 N–H and O–H groups in total. The van der Waals surface area contributed by atoms with Crippen LogP contribution in [0.3, 0.4) is 0 Å². The number of hydrogen-bond acceptors (Lipinski definition) is 3. The zero-order valence-electron chi connectivity index (χ0n) is 12.8. The lowest BCUT2D eigenvalue weighted by atomic mass is 10.2. The molecular formula is C16H22BrNO3. The molecule has 0 radical (unpaired) electrons. The van der Waals surface area contributed by atoms with Crippen LogP contribution in [0.2, 0.25) is 0 Å². The molecule has 116 valence electrons. The van der Waals surface area contributed by atoms with Crippen molar-refractivity contribution in [3.63, 3.8) is 0 Å². The highest BCUT2D eigenvalue weighted by molar-refractivity contribution is 9.10. The zero-order valence-corrected chi connectivity index (χ0v) is 14.4. The van der Waals surface area contributed by atoms with Crippen LogP contribution < -0.4 is 4.74 Å². The predicted molar refractivity (Wildman–Crippen MR) is 85.6 cm³/mol. The van der Waals surface area contributed by atoms with Crippen molar-refractivity contribution in [3.05, 3.63) is 28.7 Å². The number of benzene rings is 1. The molecule has 1 atom stereocenters. The summed E-state index contributed by atoms with van der Waals surface area (Å²) in [5.41, 5.74) is -0.462. The molecule has 0 spiro atoms. The third-order valence-corrected chi connectivity index (χ3v) is 3.79. The van der Waals surface area contributed by atoms with E-state index < -0.39 is 5.60 Å². The van der Waals surface area contributed by atoms with Crippen molar-refractivity contribution in [2.45, 2.75) is 45.3 Å². The first kappa shape index (κ1) is 16.1. The normalized spacial score (nSPS) is 18.7. The lowest BCUT2D eigenvalue weighted by Crippen LogP contribution is -2.42. The summed E-state index contributed by atoms with van der Waals surface area (Å²) in [6, 6.07) is 7.79. The summed E-state index contributed by atoms with van der Waals surface area (Å²) in [6.45, 7) is 6.89. The fourth-order valence-corrected chi connectivity index (χ4v) is 2.56. The van der Waals surface area contributed by atoms with Gasteiger partial charge in [0.15, 0.2) is 0 Å². The van der Waals surface area contributed by atoms with E-state index >= 15 is 0 Å². The minimum absolute atomic E-state index is 0.0866. The van der Waals surface area contributed by atoms with Gasteiger partial charge in [0.05, 0.1) is 6.04 Å². The van der Waals surface area contributed by atoms with Crippen molar-refractivity contribution < 1.29 is 14.3 Å². The third-order valence-electron chi connectivity index (χ3n) is 3.26. The molecule has 1 fully saturated rings. The van der Waals surface area contributed by atoms with Crippen LogP contribution in [0, 0.1) is 0 Å². The van der Waals surface area contributed by atoms with Gasteiger partial charge in [-0.3, -0.25) is 0 Å². The molecule has 0 aliphatic carbocycles. The molecule has 1 amide bonds. The van der Waals surface area contributed by atoms with Crippen LogP contribution in [0.25, 0.3) is 0 Å². The summed E-state index contributed by atoms with van der Waals surface area (Å²) in [7, 11) is 0. The SMILES string of the molecule is CC(C)(C)OC(=O)N1CCCC1COc1ccc(Br)cc1. The van der Waals surface area contributed by atoms with Crippen molar-refractivity contribution >= 4 is 22.0 Å². The highest BCUT2D eigenvalue weighted by Gasteiger charge is 2.32. The minimum Gasteiger partial charge on any atom is -0.491 e. The second kappa shape index (κ2) is 6.69. The molecule has 0 bridgehead atoms. The highest BCUT2D eigenvalue weighted by atomic mass is 79.9. The van der Waals surface area contributed by atoms with Gasteiger partial charge >= 0.3 is 6.09 Å². The van der Waals surface area contributed by atoms with Gasteiger partial charge in [0.1, 0.15) is 18.0 Å². The maximum absolute atomic E-state index is 12.2. The Labute approximate surface area is 134 Å². The summed E-state index contributed by atoms with van der Waals surface area (Å²) in [4.78, 5) is 14.0. The van der Waals surface area contributed by atoms with Gasteiger partial charge in [0.2, 0.25) is 0 Å². The first-order valence-corrected chi connectivity index (χ1v) is 8.02. The van der Waals surface area contributed by atoms with E-state index in [1.807, 2.05) is 45.0 Å². The third kappa shape index (κ3) is 4.92. The van der Waals surface area contributed by atoms with Crippen molar-refractivity contribution in [1.82, 2.24) is 4.90 Å². The highest BCUT2D eigenvalue weighted by Crippen LogP contribution is 2.22. The molecule has 21 heavy (non-hydrogen) atoms. The summed E-state index contributed by atoms with van der Waals surface area (Å²) < 4.78 is 12.2. The van der Waals surface area contributed by atoms with Crippen molar-refractivity contribution in [3.8, 4) is 5.75 Å². The van der Waals surface area contributed by atoms with Crippen LogP contribution in [0.4, 0.5) is 4.79 Å². The molecular weight excluding hydrogens is 334 g/mol. The van der Waals surface area contributed by atoms with Crippen LogP contribution in [0.15, 0.2) is 28.7 Å². The van der Waals surface area contributed by atoms with Gasteiger partial charge in [-0.25, -0.2) is 4.79 Å². The largest absolute Gasteiger partial charge is 0.491 e. The number of rotatable bonds is 3. The Bertz CT molecular complexity index is 481. The van der Waals surface area contributed by atoms with Gasteiger partial charge in [-0.2, -0.15) is 0 Å². The van der Waals surface area contributed by atoms with Crippen LogP contribution in [-0.2, 0) is 4.74 Å². The number of nitrogens with zero attached hydrogens (tertiary/aromatic N) is 1. The Kier molecular flexibility index (Phi) is 5.14. The Hall–Kier alpha value is -1.23. The first-order chi connectivity index (χ1) is 9.85. The van der Waals surface area contributed by atoms with E-state index in [0.717, 1.165) is 29.6 Å². The lowest BCUT2D eigenvalue weighted by molar-refractivity contribution is 0.0187. The number of carbonyl (C=O) groups is 1. The number of ether oxygens (including phenoxy) is 2. The zero-order chi connectivity index (χ0) is 15.5. The molecule has 0 saturated carbocycles. The van der Waals surface area contributed by atoms with Gasteiger partial charge in [-0.1, -0.05) is 15.9 Å². The monoisotopic (exact) mass is 355 g/mol. The lowest BCUT2D eigenvalue weighted by Gasteiger charge is -2.28. The molecule has 1 unspecified atom stereocenters. The fourth-order valence-electron chi connectivity index (χ4n) is 2.29. The quantitative estimate of drug-likeness (QED) is 0.814. The number of halogens is 1. The molecule has 5 heteroatoms. The second-order valence-corrected chi connectivity index (χ2v) is 7.15. The molecule has 2 rings (SSSR count). The van der Waals surface area contributed by atoms with E-state index in [0.29, 0.717) is 6.61 Å². The number of hydrogen-bond donors (Lipinski definition) is 0. The fraction of sp³-hybridized carbons (Fsp3) is 0.562. The van der Waals surface area contributed by atoms with E-state index in [-0.39, 0.29) is 12.1 Å². The van der Waals surface area contributed by atoms with Gasteiger partial charge in [-0.15, -0.1) is 0 Å². The van der Waals surface area contributed by atoms with Crippen LogP contribution in [0.1, 0.15) is 33.6 Å². The topological polar surface area (TPSA) is 38.8 Å². The Balaban J connectivity index is 1.90. The van der Waals surface area contributed by atoms with E-state index in [9.17, 15) is 4.79 Å². The average Bonchev–Trinajstić information content (AvgIpc) is 2.84. The van der Waals surface area contributed by atoms with Gasteiger partial charge in [0, 0.05) is 11.0 Å². The smallest absolute Gasteiger partial charge is 0.410 e. The van der Waals surface area contributed by atoms with Gasteiger partial charge in [-0.05, 0) is 57.9 Å². The summed E-state index contributed by atoms with van der Waals surface area (Å²) in [5, 5.41) is 0. The molecule has 0 aromatic heterocycles. The molecule has 1 heterocycles. The Morgan fingerprint density at radius 3 is 2.62 bits per heavy atom. The molecule has 1 aliphatic rings. The average molecular weight is 356 g/mol. The van der Waals surface area contributed by atoms with Crippen LogP contribution >= 0.6 is 15.9 Å². The van der Waals surface area contributed by atoms with Crippen molar-refractivity contribution in [1.29, 1.82) is 0 Å². The molecule has 1 saturated heterocycles. The van der Waals surface area contributed by atoms with Crippen molar-refractivity contribution in [2.75, 3.05) is 13.2 Å². The predicted octanol–water partition coefficient (Wildman–Crippen LogP) is 4.23. The summed E-state index contributed by atoms with van der Waals surface area (Å²) in [5.74, 6) is 0.814. The van der Waals surface area contributed by atoms with Gasteiger partial charge in [0.25, 0.3) is 0 Å². The molecule has 1 aliphatic heterocycles. The first-order valence-electron chi connectivity index (χ1n) is 7.23. The molecule has 4 nitrogen and oxygen atoms in total. The second-order valence-electron chi connectivity index (χ2n) is 6.23. The number of carbonyl (C=O) groups excluding carboxylic acids is 1. The van der Waals surface area contributed by atoms with Crippen LogP contribution in [-0.4, -0.2) is 35.8 Å². The summed E-state index contributed by atoms with van der Waals surface area (Å²) >= 11 is 3.39. The van der Waals surface area contributed by atoms with Crippen LogP contribution in [0.5, 0.6) is 5.75 Å². The van der Waals surface area contributed by atoms with E-state index in [4.69, 9.17) is 9.47 Å². The maximum atomic E-state index is 12.2. The van der Waals surface area contributed by atoms with Gasteiger partial charge < -0.3 is 14.4 Å². The van der Waals surface area contributed by atoms with Crippen molar-refractivity contribution in [2.24, 2.45) is 0 Å².